The number of rotatable bonds is 1. The normalized spacial score (nSPS) is 29.2. The third-order valence-electron chi connectivity index (χ3n) is 4.13. The molecule has 2 aromatic heterocycles. The summed E-state index contributed by atoms with van der Waals surface area (Å²) in [5, 5.41) is 2.75. The topological polar surface area (TPSA) is 92.7 Å². The molecule has 4 heterocycles. The van der Waals surface area contributed by atoms with Gasteiger partial charge in [-0.25, -0.2) is 14.8 Å². The van der Waals surface area contributed by atoms with E-state index in [1.165, 1.54) is 17.1 Å². The Balaban J connectivity index is 1.97. The monoisotopic (exact) mass is 257 g/mol. The van der Waals surface area contributed by atoms with Crippen molar-refractivity contribution in [1.82, 2.24) is 24.8 Å². The third-order valence-corrected chi connectivity index (χ3v) is 4.13. The van der Waals surface area contributed by atoms with Gasteiger partial charge in [0.2, 0.25) is 0 Å². The van der Waals surface area contributed by atoms with Gasteiger partial charge in [-0.3, -0.25) is 9.36 Å². The first kappa shape index (κ1) is 10.5. The van der Waals surface area contributed by atoms with Crippen molar-refractivity contribution in [2.24, 2.45) is 5.92 Å². The Morgan fingerprint density at radius 1 is 1.42 bits per heavy atom. The van der Waals surface area contributed by atoms with Crippen LogP contribution in [0.1, 0.15) is 12.8 Å². The highest BCUT2D eigenvalue weighted by molar-refractivity contribution is 5.91. The van der Waals surface area contributed by atoms with Crippen molar-refractivity contribution < 1.29 is 4.79 Å². The molecule has 3 aliphatic rings. The minimum atomic E-state index is -0.824. The molecule has 7 heteroatoms. The van der Waals surface area contributed by atoms with Crippen molar-refractivity contribution in [3.8, 4) is 0 Å². The third kappa shape index (κ3) is 1.12. The van der Waals surface area contributed by atoms with E-state index in [0.29, 0.717) is 24.0 Å². The van der Waals surface area contributed by atoms with Crippen LogP contribution in [0, 0.1) is 5.92 Å². The number of hydrogen-bond donors (Lipinski definition) is 2. The summed E-state index contributed by atoms with van der Waals surface area (Å²) in [6.45, 7) is 3.83. The summed E-state index contributed by atoms with van der Waals surface area (Å²) in [5.41, 5.74) is 0.616. The van der Waals surface area contributed by atoms with E-state index < -0.39 is 5.54 Å². The van der Waals surface area contributed by atoms with Crippen molar-refractivity contribution in [3.05, 3.63) is 35.3 Å². The number of H-pyrrole nitrogens is 1. The predicted molar refractivity (Wildman–Crippen MR) is 66.1 cm³/mol. The Hall–Kier alpha value is -2.44. The zero-order valence-corrected chi connectivity index (χ0v) is 10.0. The van der Waals surface area contributed by atoms with Crippen LogP contribution in [0.4, 0.5) is 0 Å². The largest absolute Gasteiger partial charge is 0.328 e. The van der Waals surface area contributed by atoms with Crippen molar-refractivity contribution in [1.29, 1.82) is 0 Å². The number of aromatic amines is 1. The SMILES string of the molecule is C=C1NC(=O)C2(n3c(=O)[nH]c4cncnc43)CC1C2. The minimum absolute atomic E-state index is 0.179. The summed E-state index contributed by atoms with van der Waals surface area (Å²) in [6.07, 6.45) is 4.12. The average molecular weight is 257 g/mol. The second-order valence-corrected chi connectivity index (χ2v) is 5.14. The number of nitrogens with zero attached hydrogens (tertiary/aromatic N) is 3. The summed E-state index contributed by atoms with van der Waals surface area (Å²) >= 11 is 0. The molecule has 2 N–H and O–H groups in total. The molecule has 0 aromatic carbocycles. The number of aromatic nitrogens is 4. The lowest BCUT2D eigenvalue weighted by Gasteiger charge is -2.51. The first-order valence-electron chi connectivity index (χ1n) is 6.03. The quantitative estimate of drug-likeness (QED) is 0.744. The van der Waals surface area contributed by atoms with Crippen molar-refractivity contribution >= 4 is 17.1 Å². The molecule has 7 nitrogen and oxygen atoms in total. The summed E-state index contributed by atoms with van der Waals surface area (Å²) in [4.78, 5) is 35.1. The number of imidazole rings is 1. The van der Waals surface area contributed by atoms with Gasteiger partial charge in [0.1, 0.15) is 17.4 Å². The highest BCUT2D eigenvalue weighted by Crippen LogP contribution is 2.50. The molecule has 0 spiro atoms. The number of nitrogens with one attached hydrogen (secondary N) is 2. The molecule has 0 atom stereocenters. The van der Waals surface area contributed by atoms with Gasteiger partial charge in [0.25, 0.3) is 5.91 Å². The maximum absolute atomic E-state index is 12.3. The van der Waals surface area contributed by atoms with Crippen LogP contribution in [-0.4, -0.2) is 25.4 Å². The van der Waals surface area contributed by atoms with E-state index in [4.69, 9.17) is 0 Å². The summed E-state index contributed by atoms with van der Waals surface area (Å²) in [7, 11) is 0. The fourth-order valence-corrected chi connectivity index (χ4v) is 3.09. The molecule has 1 amide bonds. The first-order valence-corrected chi connectivity index (χ1v) is 6.03. The fraction of sp³-hybridized carbons (Fsp3) is 0.333. The van der Waals surface area contributed by atoms with E-state index in [1.807, 2.05) is 0 Å². The fourth-order valence-electron chi connectivity index (χ4n) is 3.09. The lowest BCUT2D eigenvalue weighted by Crippen LogP contribution is -2.65. The Kier molecular flexibility index (Phi) is 1.72. The Morgan fingerprint density at radius 2 is 2.21 bits per heavy atom. The number of hydrogen-bond acceptors (Lipinski definition) is 4. The Labute approximate surface area is 107 Å². The maximum atomic E-state index is 12.3. The highest BCUT2D eigenvalue weighted by atomic mass is 16.2. The summed E-state index contributed by atoms with van der Waals surface area (Å²) < 4.78 is 1.46. The van der Waals surface area contributed by atoms with Gasteiger partial charge in [0.05, 0.1) is 6.20 Å². The van der Waals surface area contributed by atoms with Crippen LogP contribution in [0.3, 0.4) is 0 Å². The van der Waals surface area contributed by atoms with Crippen LogP contribution in [0.15, 0.2) is 29.6 Å². The first-order chi connectivity index (χ1) is 9.12. The van der Waals surface area contributed by atoms with Gasteiger partial charge >= 0.3 is 5.69 Å². The van der Waals surface area contributed by atoms with E-state index >= 15 is 0 Å². The number of fused-ring (bicyclic) bond motifs is 3. The molecule has 2 saturated heterocycles. The van der Waals surface area contributed by atoms with Gasteiger partial charge in [0.15, 0.2) is 5.65 Å². The molecule has 5 rings (SSSR count). The Morgan fingerprint density at radius 3 is 2.95 bits per heavy atom. The number of carbonyl (C=O) groups excluding carboxylic acids is 1. The summed E-state index contributed by atoms with van der Waals surface area (Å²) in [5.74, 6) is 0.0676. The molecule has 2 bridgehead atoms. The lowest BCUT2D eigenvalue weighted by atomic mass is 9.63. The van der Waals surface area contributed by atoms with Gasteiger partial charge in [-0.15, -0.1) is 0 Å². The van der Waals surface area contributed by atoms with E-state index in [9.17, 15) is 9.59 Å². The van der Waals surface area contributed by atoms with Crippen molar-refractivity contribution in [2.45, 2.75) is 18.4 Å². The zero-order valence-electron chi connectivity index (χ0n) is 10.0. The predicted octanol–water partition coefficient (Wildman–Crippen LogP) is -0.132. The molecule has 0 radical (unpaired) electrons. The van der Waals surface area contributed by atoms with Crippen molar-refractivity contribution in [3.63, 3.8) is 0 Å². The van der Waals surface area contributed by atoms with Gasteiger partial charge in [0, 0.05) is 11.6 Å². The van der Waals surface area contributed by atoms with E-state index in [1.54, 1.807) is 0 Å². The standard InChI is InChI=1S/C12H11N5O2/c1-6-7-2-12(3-7,10(18)15-6)17-9-8(16-11(17)19)4-13-5-14-9/h4-5,7H,1-3H2,(H,15,18)(H,16,19). The summed E-state index contributed by atoms with van der Waals surface area (Å²) in [6, 6.07) is 0. The second-order valence-electron chi connectivity index (χ2n) is 5.14. The zero-order chi connectivity index (χ0) is 13.2. The molecule has 2 aromatic rings. The van der Waals surface area contributed by atoms with Crippen LogP contribution in [0.5, 0.6) is 0 Å². The number of carbonyl (C=O) groups is 1. The Bertz CT molecular complexity index is 781. The van der Waals surface area contributed by atoms with E-state index in [0.717, 1.165) is 5.70 Å². The molecule has 2 aliphatic heterocycles. The highest BCUT2D eigenvalue weighted by Gasteiger charge is 2.58. The molecule has 3 fully saturated rings. The van der Waals surface area contributed by atoms with Gasteiger partial charge < -0.3 is 10.3 Å². The molecule has 19 heavy (non-hydrogen) atoms. The van der Waals surface area contributed by atoms with Gasteiger partial charge in [-0.2, -0.15) is 0 Å². The number of piperidine rings is 2. The van der Waals surface area contributed by atoms with E-state index in [2.05, 4.69) is 26.8 Å². The maximum Gasteiger partial charge on any atom is 0.328 e. The van der Waals surface area contributed by atoms with Crippen LogP contribution in [0.2, 0.25) is 0 Å². The molecule has 1 saturated carbocycles. The molecule has 1 aliphatic carbocycles. The average Bonchev–Trinajstić information content (AvgIpc) is 2.64. The minimum Gasteiger partial charge on any atom is -0.328 e. The number of allylic oxidation sites excluding steroid dienone is 1. The lowest BCUT2D eigenvalue weighted by molar-refractivity contribution is -0.140. The van der Waals surface area contributed by atoms with Crippen LogP contribution in [-0.2, 0) is 10.3 Å². The molecular formula is C12H11N5O2. The van der Waals surface area contributed by atoms with Crippen LogP contribution in [0.25, 0.3) is 11.2 Å². The second kappa shape index (κ2) is 3.11. The van der Waals surface area contributed by atoms with E-state index in [-0.39, 0.29) is 17.5 Å². The molecule has 96 valence electrons. The van der Waals surface area contributed by atoms with Gasteiger partial charge in [-0.1, -0.05) is 6.58 Å². The van der Waals surface area contributed by atoms with Crippen molar-refractivity contribution in [2.75, 3.05) is 0 Å². The molecule has 0 unspecified atom stereocenters. The smallest absolute Gasteiger partial charge is 0.328 e. The number of amides is 1. The molecular weight excluding hydrogens is 246 g/mol. The van der Waals surface area contributed by atoms with Crippen LogP contribution >= 0.6 is 0 Å². The van der Waals surface area contributed by atoms with Gasteiger partial charge in [-0.05, 0) is 12.8 Å². The van der Waals surface area contributed by atoms with Crippen LogP contribution < -0.4 is 11.0 Å².